The number of fused-ring (bicyclic) bond motifs is 1. The van der Waals surface area contributed by atoms with E-state index in [1.807, 2.05) is 6.07 Å². The molecule has 5 nitrogen and oxygen atoms in total. The highest BCUT2D eigenvalue weighted by Crippen LogP contribution is 2.49. The lowest BCUT2D eigenvalue weighted by atomic mass is 9.64. The smallest absolute Gasteiger partial charge is 0.312 e. The molecule has 5 rings (SSSR count). The predicted molar refractivity (Wildman–Crippen MR) is 174 cm³/mol. The van der Waals surface area contributed by atoms with Gasteiger partial charge < -0.3 is 13.9 Å². The van der Waals surface area contributed by atoms with Crippen molar-refractivity contribution in [3.63, 3.8) is 0 Å². The summed E-state index contributed by atoms with van der Waals surface area (Å²) in [7, 11) is -1.98. The van der Waals surface area contributed by atoms with Gasteiger partial charge in [0.1, 0.15) is 12.2 Å². The third-order valence-electron chi connectivity index (χ3n) is 11.3. The SMILES string of the molecule is C[C@H]1C=C2C=C[C@H](C)[C@H](CC[C@@H]3C[C@@H](O[Si](C)(C)C(C)(C)C)CC(=O)O3)[C@H]2[C@@H](OC(=O)C2(Cc3ccccc3)CCC2)C1. The first-order valence-electron chi connectivity index (χ1n) is 16.8. The molecule has 1 saturated carbocycles. The molecule has 0 N–H and O–H groups in total. The van der Waals surface area contributed by atoms with Gasteiger partial charge in [-0.05, 0) is 85.5 Å². The zero-order valence-electron chi connectivity index (χ0n) is 27.6. The van der Waals surface area contributed by atoms with Crippen LogP contribution in [0.15, 0.2) is 54.1 Å². The summed E-state index contributed by atoms with van der Waals surface area (Å²) in [6.07, 6.45) is 14.0. The summed E-state index contributed by atoms with van der Waals surface area (Å²) >= 11 is 0. The van der Waals surface area contributed by atoms with Crippen molar-refractivity contribution in [1.29, 1.82) is 0 Å². The fraction of sp³-hybridized carbons (Fsp3) is 0.676. The molecule has 0 spiro atoms. The van der Waals surface area contributed by atoms with Gasteiger partial charge in [0.05, 0.1) is 17.9 Å². The summed E-state index contributed by atoms with van der Waals surface area (Å²) < 4.78 is 19.1. The van der Waals surface area contributed by atoms with Gasteiger partial charge in [0, 0.05) is 12.3 Å². The average Bonchev–Trinajstić information content (AvgIpc) is 2.89. The average molecular weight is 607 g/mol. The van der Waals surface area contributed by atoms with Gasteiger partial charge in [-0.25, -0.2) is 0 Å². The van der Waals surface area contributed by atoms with Crippen LogP contribution in [-0.2, 0) is 29.9 Å². The maximum Gasteiger partial charge on any atom is 0.312 e. The lowest BCUT2D eigenvalue weighted by Gasteiger charge is -2.46. The molecule has 1 heterocycles. The Kier molecular flexibility index (Phi) is 9.49. The van der Waals surface area contributed by atoms with E-state index in [4.69, 9.17) is 13.9 Å². The van der Waals surface area contributed by atoms with Crippen LogP contribution in [0, 0.1) is 29.1 Å². The highest BCUT2D eigenvalue weighted by molar-refractivity contribution is 6.74. The van der Waals surface area contributed by atoms with E-state index in [1.165, 1.54) is 11.1 Å². The van der Waals surface area contributed by atoms with Gasteiger partial charge in [0.15, 0.2) is 8.32 Å². The summed E-state index contributed by atoms with van der Waals surface area (Å²) in [6, 6.07) is 10.4. The van der Waals surface area contributed by atoms with Crippen LogP contribution < -0.4 is 0 Å². The van der Waals surface area contributed by atoms with E-state index >= 15 is 0 Å². The first kappa shape index (κ1) is 32.2. The van der Waals surface area contributed by atoms with E-state index in [-0.39, 0.29) is 41.2 Å². The van der Waals surface area contributed by atoms with Crippen LogP contribution in [0.5, 0.6) is 0 Å². The summed E-state index contributed by atoms with van der Waals surface area (Å²) in [5.41, 5.74) is 2.12. The van der Waals surface area contributed by atoms with Crippen molar-refractivity contribution < 1.29 is 23.5 Å². The molecular weight excluding hydrogens is 552 g/mol. The zero-order valence-corrected chi connectivity index (χ0v) is 28.6. The second-order valence-corrected chi connectivity index (χ2v) is 20.4. The molecule has 1 saturated heterocycles. The van der Waals surface area contributed by atoms with Crippen molar-refractivity contribution in [2.24, 2.45) is 29.1 Å². The van der Waals surface area contributed by atoms with E-state index < -0.39 is 13.7 Å². The van der Waals surface area contributed by atoms with E-state index in [1.54, 1.807) is 0 Å². The first-order valence-corrected chi connectivity index (χ1v) is 19.7. The number of carbonyl (C=O) groups excluding carboxylic acids is 2. The topological polar surface area (TPSA) is 61.8 Å². The third-order valence-corrected chi connectivity index (χ3v) is 15.8. The molecule has 43 heavy (non-hydrogen) atoms. The summed E-state index contributed by atoms with van der Waals surface area (Å²) in [4.78, 5) is 26.6. The van der Waals surface area contributed by atoms with Crippen molar-refractivity contribution in [3.8, 4) is 0 Å². The summed E-state index contributed by atoms with van der Waals surface area (Å²) in [5, 5.41) is 0.0974. The predicted octanol–water partition coefficient (Wildman–Crippen LogP) is 8.59. The minimum Gasteiger partial charge on any atom is -0.462 e. The van der Waals surface area contributed by atoms with Crippen LogP contribution in [-0.4, -0.2) is 38.6 Å². The third kappa shape index (κ3) is 7.22. The van der Waals surface area contributed by atoms with Crippen molar-refractivity contribution >= 4 is 20.3 Å². The lowest BCUT2D eigenvalue weighted by molar-refractivity contribution is -0.172. The Hall–Kier alpha value is -2.18. The van der Waals surface area contributed by atoms with Gasteiger partial charge in [-0.1, -0.05) is 89.6 Å². The number of rotatable bonds is 9. The summed E-state index contributed by atoms with van der Waals surface area (Å²) in [6.45, 7) is 15.7. The number of cyclic esters (lactones) is 1. The quantitative estimate of drug-likeness (QED) is 0.208. The van der Waals surface area contributed by atoms with Gasteiger partial charge in [0.2, 0.25) is 0 Å². The fourth-order valence-electron chi connectivity index (χ4n) is 7.61. The second kappa shape index (κ2) is 12.7. The van der Waals surface area contributed by atoms with Gasteiger partial charge in [-0.2, -0.15) is 0 Å². The maximum absolute atomic E-state index is 13.9. The van der Waals surface area contributed by atoms with Crippen LogP contribution in [0.3, 0.4) is 0 Å². The number of hydrogen-bond acceptors (Lipinski definition) is 5. The Morgan fingerprint density at radius 2 is 1.79 bits per heavy atom. The highest BCUT2D eigenvalue weighted by atomic mass is 28.4. The first-order chi connectivity index (χ1) is 20.3. The zero-order chi connectivity index (χ0) is 31.0. The number of allylic oxidation sites excluding steroid dienone is 3. The molecule has 0 unspecified atom stereocenters. The second-order valence-electron chi connectivity index (χ2n) is 15.7. The minimum atomic E-state index is -1.98. The molecule has 0 bridgehead atoms. The molecular formula is C37H54O5Si. The van der Waals surface area contributed by atoms with E-state index in [2.05, 4.69) is 90.2 Å². The Morgan fingerprint density at radius 3 is 2.44 bits per heavy atom. The highest BCUT2D eigenvalue weighted by Gasteiger charge is 2.49. The number of ether oxygens (including phenoxy) is 2. The van der Waals surface area contributed by atoms with Crippen molar-refractivity contribution in [1.82, 2.24) is 0 Å². The van der Waals surface area contributed by atoms with Crippen LogP contribution in [0.1, 0.15) is 91.5 Å². The molecule has 1 aromatic rings. The maximum atomic E-state index is 13.9. The molecule has 1 aliphatic heterocycles. The van der Waals surface area contributed by atoms with E-state index in [0.29, 0.717) is 24.2 Å². The van der Waals surface area contributed by atoms with E-state index in [0.717, 1.165) is 51.4 Å². The number of benzene rings is 1. The van der Waals surface area contributed by atoms with Crippen LogP contribution >= 0.6 is 0 Å². The Morgan fingerprint density at radius 1 is 1.07 bits per heavy atom. The fourth-order valence-corrected chi connectivity index (χ4v) is 8.98. The molecule has 236 valence electrons. The Bertz CT molecular complexity index is 1210. The van der Waals surface area contributed by atoms with Crippen LogP contribution in [0.4, 0.5) is 0 Å². The van der Waals surface area contributed by atoms with Crippen LogP contribution in [0.2, 0.25) is 18.1 Å². The van der Waals surface area contributed by atoms with Crippen molar-refractivity contribution in [2.45, 2.75) is 129 Å². The van der Waals surface area contributed by atoms with Gasteiger partial charge in [-0.15, -0.1) is 0 Å². The van der Waals surface area contributed by atoms with Gasteiger partial charge >= 0.3 is 11.9 Å². The minimum absolute atomic E-state index is 0.00570. The van der Waals surface area contributed by atoms with Crippen molar-refractivity contribution in [3.05, 3.63) is 59.7 Å². The molecule has 7 atom stereocenters. The molecule has 3 aliphatic carbocycles. The Balaban J connectivity index is 1.28. The molecule has 0 radical (unpaired) electrons. The van der Waals surface area contributed by atoms with Crippen molar-refractivity contribution in [2.75, 3.05) is 0 Å². The molecule has 0 aromatic heterocycles. The van der Waals surface area contributed by atoms with Gasteiger partial charge in [0.25, 0.3) is 0 Å². The standard InChI is InChI=1S/C37H54O5Si/c1-25-20-28-15-14-26(2)31(17-16-29-22-30(23-33(38)40-29)42-43(6,7)36(3,4)5)34(28)32(21-25)41-35(39)37(18-11-19-37)24-27-12-9-8-10-13-27/h8-10,12-15,20,25-26,29-32,34H,11,16-19,21-24H2,1-7H3/t25-,26-,29+,30+,31-,32-,34-/m0/s1. The molecule has 1 aromatic carbocycles. The van der Waals surface area contributed by atoms with Gasteiger partial charge in [-0.3, -0.25) is 9.59 Å². The summed E-state index contributed by atoms with van der Waals surface area (Å²) in [5.74, 6) is 1.08. The molecule has 4 aliphatic rings. The Labute approximate surface area is 261 Å². The monoisotopic (exact) mass is 606 g/mol. The largest absolute Gasteiger partial charge is 0.462 e. The number of carbonyl (C=O) groups is 2. The molecule has 6 heteroatoms. The van der Waals surface area contributed by atoms with Crippen LogP contribution in [0.25, 0.3) is 0 Å². The number of esters is 2. The lowest BCUT2D eigenvalue weighted by Crippen LogP contribution is -2.47. The normalized spacial score (nSPS) is 32.2. The molecule has 2 fully saturated rings. The molecule has 0 amide bonds. The number of hydrogen-bond donors (Lipinski definition) is 0. The van der Waals surface area contributed by atoms with E-state index in [9.17, 15) is 9.59 Å².